The van der Waals surface area contributed by atoms with Gasteiger partial charge in [0, 0.05) is 6.42 Å². The molecule has 0 radical (unpaired) electrons. The predicted octanol–water partition coefficient (Wildman–Crippen LogP) is 3.29. The Labute approximate surface area is 95.7 Å². The van der Waals surface area contributed by atoms with Crippen LogP contribution in [0.1, 0.15) is 32.6 Å². The molecule has 0 aromatic rings. The van der Waals surface area contributed by atoms with Crippen molar-refractivity contribution in [2.24, 2.45) is 5.73 Å². The lowest BCUT2D eigenvalue weighted by Gasteiger charge is -2.09. The Morgan fingerprint density at radius 2 is 2.12 bits per heavy atom. The zero-order chi connectivity index (χ0) is 12.6. The molecule has 0 rings (SSSR count). The smallest absolute Gasteiger partial charge is 0.245 e. The molecule has 0 aromatic carbocycles. The second-order valence-corrected chi connectivity index (χ2v) is 3.85. The lowest BCUT2D eigenvalue weighted by Crippen LogP contribution is -2.09. The summed E-state index contributed by atoms with van der Waals surface area (Å²) in [6.45, 7) is 4.88. The molecule has 4 heteroatoms. The average Bonchev–Trinajstić information content (AvgIpc) is 2.20. The molecule has 0 saturated heterocycles. The van der Waals surface area contributed by atoms with Gasteiger partial charge >= 0.3 is 0 Å². The maximum absolute atomic E-state index is 12.5. The Morgan fingerprint density at radius 1 is 1.50 bits per heavy atom. The number of allylic oxidation sites excluding steroid dienone is 2. The van der Waals surface area contributed by atoms with Gasteiger partial charge in [-0.3, -0.25) is 0 Å². The van der Waals surface area contributed by atoms with Gasteiger partial charge in [-0.1, -0.05) is 12.7 Å². The zero-order valence-electron chi connectivity index (χ0n) is 9.73. The molecule has 0 aliphatic rings. The molecule has 16 heavy (non-hydrogen) atoms. The van der Waals surface area contributed by atoms with Crippen molar-refractivity contribution in [3.63, 3.8) is 0 Å². The van der Waals surface area contributed by atoms with E-state index in [9.17, 15) is 8.78 Å². The zero-order valence-corrected chi connectivity index (χ0v) is 9.73. The van der Waals surface area contributed by atoms with Crippen LogP contribution in [0.4, 0.5) is 8.78 Å². The summed E-state index contributed by atoms with van der Waals surface area (Å²) in [4.78, 5) is 0. The highest BCUT2D eigenvalue weighted by atomic mass is 19.3. The van der Waals surface area contributed by atoms with E-state index in [0.717, 1.165) is 12.5 Å². The first-order chi connectivity index (χ1) is 7.40. The summed E-state index contributed by atoms with van der Waals surface area (Å²) in [5.41, 5.74) is 6.52. The first kappa shape index (κ1) is 15.0. The van der Waals surface area contributed by atoms with Crippen LogP contribution < -0.4 is 5.73 Å². The summed E-state index contributed by atoms with van der Waals surface area (Å²) in [7, 11) is 0. The summed E-state index contributed by atoms with van der Waals surface area (Å²) in [6, 6.07) is 0. The van der Waals surface area contributed by atoms with Crippen LogP contribution in [0, 0.1) is 5.41 Å². The molecular formula is C12H20F2N2. The van der Waals surface area contributed by atoms with Gasteiger partial charge in [0.05, 0.1) is 5.71 Å². The van der Waals surface area contributed by atoms with Gasteiger partial charge in [0.2, 0.25) is 5.92 Å². The van der Waals surface area contributed by atoms with Gasteiger partial charge in [0.15, 0.2) is 0 Å². The maximum atomic E-state index is 12.5. The lowest BCUT2D eigenvalue weighted by atomic mass is 10.0. The highest BCUT2D eigenvalue weighted by molar-refractivity contribution is 6.05. The summed E-state index contributed by atoms with van der Waals surface area (Å²) < 4.78 is 25.0. The van der Waals surface area contributed by atoms with Gasteiger partial charge < -0.3 is 11.1 Å². The second kappa shape index (κ2) is 7.28. The van der Waals surface area contributed by atoms with E-state index >= 15 is 0 Å². The van der Waals surface area contributed by atoms with Gasteiger partial charge in [-0.15, -0.1) is 0 Å². The quantitative estimate of drug-likeness (QED) is 0.488. The molecule has 0 atom stereocenters. The lowest BCUT2D eigenvalue weighted by molar-refractivity contribution is 0.0112. The van der Waals surface area contributed by atoms with Crippen LogP contribution in [0.2, 0.25) is 0 Å². The minimum Gasteiger partial charge on any atom is -0.330 e. The highest BCUT2D eigenvalue weighted by Crippen LogP contribution is 2.20. The monoisotopic (exact) mass is 230 g/mol. The topological polar surface area (TPSA) is 49.9 Å². The Balaban J connectivity index is 4.14. The van der Waals surface area contributed by atoms with Crippen molar-refractivity contribution >= 4 is 5.71 Å². The van der Waals surface area contributed by atoms with Crippen molar-refractivity contribution in [3.05, 3.63) is 24.3 Å². The van der Waals surface area contributed by atoms with E-state index in [2.05, 4.69) is 6.58 Å². The van der Waals surface area contributed by atoms with E-state index in [0.29, 0.717) is 31.5 Å². The standard InChI is InChI=1S/C12H20F2N2/c1-3-11(16)10(7-9-15)6-4-5-8-12(2,13)14/h3,6,16H,1,4-5,7-9,15H2,2H3/b10-6+,16-11?. The highest BCUT2D eigenvalue weighted by Gasteiger charge is 2.19. The van der Waals surface area contributed by atoms with Crippen LogP contribution in [-0.4, -0.2) is 18.2 Å². The summed E-state index contributed by atoms with van der Waals surface area (Å²) >= 11 is 0. The van der Waals surface area contributed by atoms with Gasteiger partial charge in [-0.2, -0.15) is 0 Å². The second-order valence-electron chi connectivity index (χ2n) is 3.85. The van der Waals surface area contributed by atoms with Crippen LogP contribution in [0.3, 0.4) is 0 Å². The van der Waals surface area contributed by atoms with Crippen LogP contribution in [-0.2, 0) is 0 Å². The van der Waals surface area contributed by atoms with Crippen molar-refractivity contribution in [3.8, 4) is 0 Å². The Hall–Kier alpha value is -1.03. The molecule has 0 aliphatic heterocycles. The van der Waals surface area contributed by atoms with E-state index in [4.69, 9.17) is 11.1 Å². The predicted molar refractivity (Wildman–Crippen MR) is 64.2 cm³/mol. The molecule has 0 aromatic heterocycles. The molecule has 0 fully saturated rings. The average molecular weight is 230 g/mol. The third-order valence-corrected chi connectivity index (χ3v) is 2.17. The first-order valence-electron chi connectivity index (χ1n) is 5.39. The number of hydrogen-bond donors (Lipinski definition) is 2. The van der Waals surface area contributed by atoms with E-state index in [1.54, 1.807) is 0 Å². The third-order valence-electron chi connectivity index (χ3n) is 2.17. The largest absolute Gasteiger partial charge is 0.330 e. The fraction of sp³-hybridized carbons (Fsp3) is 0.583. The van der Waals surface area contributed by atoms with Crippen LogP contribution in [0.25, 0.3) is 0 Å². The number of halogens is 2. The summed E-state index contributed by atoms with van der Waals surface area (Å²) in [6.07, 6.45) is 4.68. The number of hydrogen-bond acceptors (Lipinski definition) is 2. The van der Waals surface area contributed by atoms with Crippen molar-refractivity contribution in [2.75, 3.05) is 6.54 Å². The summed E-state index contributed by atoms with van der Waals surface area (Å²) in [5, 5.41) is 7.57. The maximum Gasteiger partial charge on any atom is 0.245 e. The molecule has 0 heterocycles. The SMILES string of the molecule is C=CC(=N)/C(=C/CCCC(C)(F)F)CCN. The van der Waals surface area contributed by atoms with Gasteiger partial charge in [-0.05, 0) is 44.4 Å². The molecule has 0 unspecified atom stereocenters. The van der Waals surface area contributed by atoms with Crippen LogP contribution in [0.5, 0.6) is 0 Å². The fourth-order valence-electron chi connectivity index (χ4n) is 1.32. The van der Waals surface area contributed by atoms with Gasteiger partial charge in [0.25, 0.3) is 0 Å². The van der Waals surface area contributed by atoms with E-state index < -0.39 is 5.92 Å². The summed E-state index contributed by atoms with van der Waals surface area (Å²) in [5.74, 6) is -2.60. The van der Waals surface area contributed by atoms with Gasteiger partial charge in [-0.25, -0.2) is 8.78 Å². The molecule has 2 nitrogen and oxygen atoms in total. The van der Waals surface area contributed by atoms with Gasteiger partial charge in [0.1, 0.15) is 0 Å². The van der Waals surface area contributed by atoms with E-state index in [-0.39, 0.29) is 6.42 Å². The van der Waals surface area contributed by atoms with E-state index in [1.165, 1.54) is 6.08 Å². The minimum absolute atomic E-state index is 0.124. The molecule has 92 valence electrons. The van der Waals surface area contributed by atoms with Crippen LogP contribution >= 0.6 is 0 Å². The molecule has 0 aliphatic carbocycles. The molecule has 0 saturated carbocycles. The number of nitrogens with one attached hydrogen (secondary N) is 1. The molecular weight excluding hydrogens is 210 g/mol. The molecule has 0 amide bonds. The Morgan fingerprint density at radius 3 is 2.56 bits per heavy atom. The first-order valence-corrected chi connectivity index (χ1v) is 5.39. The normalized spacial score (nSPS) is 12.6. The minimum atomic E-state index is -2.60. The van der Waals surface area contributed by atoms with Crippen molar-refractivity contribution in [1.82, 2.24) is 0 Å². The van der Waals surface area contributed by atoms with Crippen molar-refractivity contribution in [1.29, 1.82) is 5.41 Å². The number of nitrogens with two attached hydrogens (primary N) is 1. The van der Waals surface area contributed by atoms with Crippen molar-refractivity contribution < 1.29 is 8.78 Å². The Kier molecular flexibility index (Phi) is 6.81. The fourth-order valence-corrected chi connectivity index (χ4v) is 1.32. The molecule has 0 spiro atoms. The van der Waals surface area contributed by atoms with Crippen molar-refractivity contribution in [2.45, 2.75) is 38.5 Å². The van der Waals surface area contributed by atoms with Crippen LogP contribution in [0.15, 0.2) is 24.3 Å². The Bertz CT molecular complexity index is 265. The molecule has 0 bridgehead atoms. The van der Waals surface area contributed by atoms with E-state index in [1.807, 2.05) is 6.08 Å². The number of unbranched alkanes of at least 4 members (excludes halogenated alkanes) is 1. The number of alkyl halides is 2. The number of rotatable bonds is 8. The molecule has 3 N–H and O–H groups in total. The third kappa shape index (κ3) is 7.29.